The lowest BCUT2D eigenvalue weighted by Gasteiger charge is -2.05. The Hall–Kier alpha value is -1.72. The van der Waals surface area contributed by atoms with Gasteiger partial charge in [-0.25, -0.2) is 8.78 Å². The monoisotopic (exact) mass is 217 g/mol. The SMILES string of the molecule is Cc1c(CC(=O)O)cc(C(F)F)[nH]c1=O. The molecule has 0 spiro atoms. The smallest absolute Gasteiger partial charge is 0.307 e. The van der Waals surface area contributed by atoms with Gasteiger partial charge in [0.25, 0.3) is 12.0 Å². The molecule has 1 heterocycles. The highest BCUT2D eigenvalue weighted by atomic mass is 19.3. The van der Waals surface area contributed by atoms with Crippen LogP contribution in [0.15, 0.2) is 10.9 Å². The number of hydrogen-bond donors (Lipinski definition) is 2. The number of H-pyrrole nitrogens is 1. The molecule has 1 aromatic rings. The second-order valence-corrected chi connectivity index (χ2v) is 3.08. The van der Waals surface area contributed by atoms with E-state index in [9.17, 15) is 18.4 Å². The van der Waals surface area contributed by atoms with Gasteiger partial charge < -0.3 is 10.1 Å². The lowest BCUT2D eigenvalue weighted by Crippen LogP contribution is -2.17. The van der Waals surface area contributed by atoms with Crippen LogP contribution in [0.25, 0.3) is 0 Å². The molecule has 0 aliphatic rings. The molecule has 0 bridgehead atoms. The van der Waals surface area contributed by atoms with Crippen molar-refractivity contribution in [1.82, 2.24) is 4.98 Å². The second-order valence-electron chi connectivity index (χ2n) is 3.08. The summed E-state index contributed by atoms with van der Waals surface area (Å²) in [5, 5.41) is 8.51. The van der Waals surface area contributed by atoms with Crippen molar-refractivity contribution in [3.63, 3.8) is 0 Å². The van der Waals surface area contributed by atoms with Crippen molar-refractivity contribution in [2.45, 2.75) is 19.8 Å². The highest BCUT2D eigenvalue weighted by Gasteiger charge is 2.14. The molecule has 0 fully saturated rings. The van der Waals surface area contributed by atoms with E-state index in [1.165, 1.54) is 6.92 Å². The van der Waals surface area contributed by atoms with Crippen LogP contribution in [-0.4, -0.2) is 16.1 Å². The molecule has 1 rings (SSSR count). The van der Waals surface area contributed by atoms with Gasteiger partial charge in [0.1, 0.15) is 0 Å². The fourth-order valence-corrected chi connectivity index (χ4v) is 1.17. The van der Waals surface area contributed by atoms with Gasteiger partial charge >= 0.3 is 5.97 Å². The van der Waals surface area contributed by atoms with Gasteiger partial charge in [-0.15, -0.1) is 0 Å². The van der Waals surface area contributed by atoms with E-state index in [1.807, 2.05) is 4.98 Å². The maximum Gasteiger partial charge on any atom is 0.307 e. The molecular weight excluding hydrogens is 208 g/mol. The van der Waals surface area contributed by atoms with Gasteiger partial charge in [0.05, 0.1) is 12.1 Å². The molecule has 15 heavy (non-hydrogen) atoms. The van der Waals surface area contributed by atoms with Gasteiger partial charge in [-0.2, -0.15) is 0 Å². The second kappa shape index (κ2) is 4.20. The first-order chi connectivity index (χ1) is 6.91. The van der Waals surface area contributed by atoms with E-state index in [1.54, 1.807) is 0 Å². The Morgan fingerprint density at radius 2 is 2.20 bits per heavy atom. The summed E-state index contributed by atoms with van der Waals surface area (Å²) in [6.45, 7) is 1.40. The van der Waals surface area contributed by atoms with E-state index in [4.69, 9.17) is 5.11 Å². The fraction of sp³-hybridized carbons (Fsp3) is 0.333. The number of aromatic nitrogens is 1. The van der Waals surface area contributed by atoms with Crippen LogP contribution in [-0.2, 0) is 11.2 Å². The van der Waals surface area contributed by atoms with Crippen LogP contribution < -0.4 is 5.56 Å². The summed E-state index contributed by atoms with van der Waals surface area (Å²) < 4.78 is 24.6. The maximum absolute atomic E-state index is 12.3. The largest absolute Gasteiger partial charge is 0.481 e. The Morgan fingerprint density at radius 3 is 2.67 bits per heavy atom. The third-order valence-electron chi connectivity index (χ3n) is 1.99. The molecule has 0 saturated heterocycles. The average Bonchev–Trinajstić information content (AvgIpc) is 2.11. The minimum atomic E-state index is -2.81. The van der Waals surface area contributed by atoms with Crippen LogP contribution in [0.2, 0.25) is 0 Å². The molecule has 0 saturated carbocycles. The van der Waals surface area contributed by atoms with Gasteiger partial charge in [-0.1, -0.05) is 0 Å². The highest BCUT2D eigenvalue weighted by Crippen LogP contribution is 2.17. The van der Waals surface area contributed by atoms with Crippen molar-refractivity contribution < 1.29 is 18.7 Å². The van der Waals surface area contributed by atoms with E-state index in [-0.39, 0.29) is 11.1 Å². The lowest BCUT2D eigenvalue weighted by molar-refractivity contribution is -0.136. The summed E-state index contributed by atoms with van der Waals surface area (Å²) in [5.74, 6) is -1.16. The van der Waals surface area contributed by atoms with Crippen LogP contribution in [0, 0.1) is 6.92 Å². The zero-order valence-corrected chi connectivity index (χ0v) is 7.88. The predicted molar refractivity (Wildman–Crippen MR) is 48.1 cm³/mol. The Kier molecular flexibility index (Phi) is 3.18. The summed E-state index contributed by atoms with van der Waals surface area (Å²) in [6.07, 6.45) is -3.25. The molecule has 6 heteroatoms. The molecule has 4 nitrogen and oxygen atoms in total. The van der Waals surface area contributed by atoms with E-state index in [0.29, 0.717) is 0 Å². The fourth-order valence-electron chi connectivity index (χ4n) is 1.17. The number of carbonyl (C=O) groups is 1. The Morgan fingerprint density at radius 1 is 1.60 bits per heavy atom. The quantitative estimate of drug-likeness (QED) is 0.800. The van der Waals surface area contributed by atoms with Crippen LogP contribution in [0.3, 0.4) is 0 Å². The van der Waals surface area contributed by atoms with E-state index >= 15 is 0 Å². The summed E-state index contributed by atoms with van der Waals surface area (Å²) >= 11 is 0. The number of carboxylic acids is 1. The molecule has 0 radical (unpaired) electrons. The van der Waals surface area contributed by atoms with E-state index in [0.717, 1.165) is 6.07 Å². The molecule has 0 aliphatic heterocycles. The lowest BCUT2D eigenvalue weighted by atomic mass is 10.1. The number of rotatable bonds is 3. The molecule has 2 N–H and O–H groups in total. The van der Waals surface area contributed by atoms with E-state index in [2.05, 4.69) is 0 Å². The zero-order chi connectivity index (χ0) is 11.6. The number of hydrogen-bond acceptors (Lipinski definition) is 2. The van der Waals surface area contributed by atoms with Crippen molar-refractivity contribution in [1.29, 1.82) is 0 Å². The molecule has 82 valence electrons. The van der Waals surface area contributed by atoms with Crippen molar-refractivity contribution in [3.05, 3.63) is 33.2 Å². The highest BCUT2D eigenvalue weighted by molar-refractivity contribution is 5.70. The summed E-state index contributed by atoms with van der Waals surface area (Å²) in [5.41, 5.74) is -0.964. The van der Waals surface area contributed by atoms with Crippen LogP contribution in [0.5, 0.6) is 0 Å². The number of pyridine rings is 1. The predicted octanol–water partition coefficient (Wildman–Crippen LogP) is 1.25. The van der Waals surface area contributed by atoms with Gasteiger partial charge in [0, 0.05) is 5.56 Å². The number of alkyl halides is 2. The minimum absolute atomic E-state index is 0.113. The third-order valence-corrected chi connectivity index (χ3v) is 1.99. The normalized spacial score (nSPS) is 10.7. The molecule has 0 aliphatic carbocycles. The molecular formula is C9H9F2NO3. The van der Waals surface area contributed by atoms with Gasteiger partial charge in [0.15, 0.2) is 0 Å². The topological polar surface area (TPSA) is 70.2 Å². The number of carboxylic acid groups (broad SMARTS) is 1. The number of aromatic amines is 1. The first-order valence-corrected chi connectivity index (χ1v) is 4.14. The number of aliphatic carboxylic acids is 1. The maximum atomic E-state index is 12.3. The minimum Gasteiger partial charge on any atom is -0.481 e. The van der Waals surface area contributed by atoms with Gasteiger partial charge in [0.2, 0.25) is 0 Å². The summed E-state index contributed by atoms with van der Waals surface area (Å²) in [7, 11) is 0. The number of halogens is 2. The third kappa shape index (κ3) is 2.61. The molecule has 0 unspecified atom stereocenters. The first kappa shape index (κ1) is 11.4. The summed E-state index contributed by atoms with van der Waals surface area (Å²) in [6, 6.07) is 1.01. The van der Waals surface area contributed by atoms with Crippen molar-refractivity contribution in [2.75, 3.05) is 0 Å². The van der Waals surface area contributed by atoms with Crippen LogP contribution in [0.1, 0.15) is 23.2 Å². The Balaban J connectivity index is 3.25. The van der Waals surface area contributed by atoms with Gasteiger partial charge in [-0.05, 0) is 18.6 Å². The number of nitrogens with one attached hydrogen (secondary N) is 1. The van der Waals surface area contributed by atoms with Crippen molar-refractivity contribution >= 4 is 5.97 Å². The Bertz CT molecular complexity index is 439. The molecule has 1 aromatic heterocycles. The van der Waals surface area contributed by atoms with Crippen LogP contribution >= 0.6 is 0 Å². The van der Waals surface area contributed by atoms with Crippen molar-refractivity contribution in [2.24, 2.45) is 0 Å². The summed E-state index contributed by atoms with van der Waals surface area (Å²) in [4.78, 5) is 23.6. The van der Waals surface area contributed by atoms with E-state index < -0.39 is 30.1 Å². The first-order valence-electron chi connectivity index (χ1n) is 4.14. The molecule has 0 atom stereocenters. The average molecular weight is 217 g/mol. The molecule has 0 amide bonds. The molecule has 0 aromatic carbocycles. The zero-order valence-electron chi connectivity index (χ0n) is 7.88. The Labute approximate surface area is 83.6 Å². The van der Waals surface area contributed by atoms with Gasteiger partial charge in [-0.3, -0.25) is 9.59 Å². The van der Waals surface area contributed by atoms with Crippen LogP contribution in [0.4, 0.5) is 8.78 Å². The van der Waals surface area contributed by atoms with Crippen molar-refractivity contribution in [3.8, 4) is 0 Å². The standard InChI is InChI=1S/C9H9F2NO3/c1-4-5(3-7(13)14)2-6(8(10)11)12-9(4)15/h2,8H,3H2,1H3,(H,12,15)(H,13,14).